The molecule has 0 amide bonds. The Balaban J connectivity index is 0.000000921. The molecule has 1 heteroatoms. The summed E-state index contributed by atoms with van der Waals surface area (Å²) in [5.41, 5.74) is 8.95. The van der Waals surface area contributed by atoms with Crippen molar-refractivity contribution in [2.24, 2.45) is 17.6 Å². The van der Waals surface area contributed by atoms with Gasteiger partial charge in [-0.2, -0.15) is 0 Å². The molecule has 1 saturated carbocycles. The monoisotopic (exact) mass is 293 g/mol. The van der Waals surface area contributed by atoms with Gasteiger partial charge in [-0.1, -0.05) is 63.8 Å². The van der Waals surface area contributed by atoms with Crippen LogP contribution in [-0.2, 0) is 0 Å². The van der Waals surface area contributed by atoms with E-state index in [9.17, 15) is 0 Å². The normalized spacial score (nSPS) is 24.7. The minimum absolute atomic E-state index is 0.825. The lowest BCUT2D eigenvalue weighted by atomic mass is 9.79. The molecule has 0 radical (unpaired) electrons. The van der Waals surface area contributed by atoms with Gasteiger partial charge in [0.25, 0.3) is 0 Å². The van der Waals surface area contributed by atoms with E-state index in [1.165, 1.54) is 56.9 Å². The summed E-state index contributed by atoms with van der Waals surface area (Å²) in [5.74, 6) is 1.80. The number of allylic oxidation sites excluding steroid dienone is 4. The van der Waals surface area contributed by atoms with Crippen LogP contribution >= 0.6 is 0 Å². The van der Waals surface area contributed by atoms with Gasteiger partial charge in [-0.15, -0.1) is 0 Å². The summed E-state index contributed by atoms with van der Waals surface area (Å²) in [6.07, 6.45) is 15.6. The van der Waals surface area contributed by atoms with Crippen molar-refractivity contribution in [3.63, 3.8) is 0 Å². The van der Waals surface area contributed by atoms with E-state index >= 15 is 0 Å². The van der Waals surface area contributed by atoms with E-state index < -0.39 is 0 Å². The molecule has 2 aliphatic carbocycles. The fourth-order valence-corrected chi connectivity index (χ4v) is 3.14. The van der Waals surface area contributed by atoms with Gasteiger partial charge in [0, 0.05) is 0 Å². The lowest BCUT2D eigenvalue weighted by molar-refractivity contribution is 0.268. The van der Waals surface area contributed by atoms with E-state index in [1.807, 2.05) is 27.7 Å². The Kier molecular flexibility index (Phi) is 12.8. The van der Waals surface area contributed by atoms with Gasteiger partial charge in [0.1, 0.15) is 0 Å². The highest BCUT2D eigenvalue weighted by molar-refractivity contribution is 5.22. The fourth-order valence-electron chi connectivity index (χ4n) is 3.14. The maximum Gasteiger partial charge on any atom is -0.00489 e. The standard InChI is InChI=1S/C16H27N.2C2H6/c1-13-2-4-14(5-3-13)6-7-15-8-10-16(12-17)11-9-15;2*1-2/h2,4,15-16H,3,5-12,17H2,1H3;2*1-2H3. The van der Waals surface area contributed by atoms with E-state index in [4.69, 9.17) is 5.73 Å². The van der Waals surface area contributed by atoms with Gasteiger partial charge in [-0.3, -0.25) is 0 Å². The molecule has 1 nitrogen and oxygen atoms in total. The highest BCUT2D eigenvalue weighted by Gasteiger charge is 2.20. The maximum atomic E-state index is 5.74. The third-order valence-corrected chi connectivity index (χ3v) is 4.62. The van der Waals surface area contributed by atoms with E-state index in [0.717, 1.165) is 18.4 Å². The number of hydrogen-bond acceptors (Lipinski definition) is 1. The minimum atomic E-state index is 0.825. The summed E-state index contributed by atoms with van der Waals surface area (Å²) < 4.78 is 0. The Morgan fingerprint density at radius 2 is 1.48 bits per heavy atom. The summed E-state index contributed by atoms with van der Waals surface area (Å²) in [7, 11) is 0. The first-order valence-electron chi connectivity index (χ1n) is 9.33. The van der Waals surface area contributed by atoms with Crippen LogP contribution in [0.1, 0.15) is 86.0 Å². The van der Waals surface area contributed by atoms with Crippen molar-refractivity contribution >= 4 is 0 Å². The predicted molar refractivity (Wildman–Crippen MR) is 97.5 cm³/mol. The summed E-state index contributed by atoms with van der Waals surface area (Å²) >= 11 is 0. The second-order valence-corrected chi connectivity index (χ2v) is 6.00. The van der Waals surface area contributed by atoms with E-state index in [2.05, 4.69) is 19.1 Å². The first-order chi connectivity index (χ1) is 10.3. The van der Waals surface area contributed by atoms with Gasteiger partial charge < -0.3 is 5.73 Å². The molecule has 21 heavy (non-hydrogen) atoms. The Bertz CT molecular complexity index is 293. The van der Waals surface area contributed by atoms with Gasteiger partial charge in [0.05, 0.1) is 0 Å². The van der Waals surface area contributed by atoms with Gasteiger partial charge in [0.15, 0.2) is 0 Å². The van der Waals surface area contributed by atoms with Gasteiger partial charge in [-0.25, -0.2) is 0 Å². The molecule has 0 aromatic rings. The molecular formula is C20H39N. The van der Waals surface area contributed by atoms with Gasteiger partial charge in [0.2, 0.25) is 0 Å². The molecule has 0 saturated heterocycles. The molecule has 2 aliphatic rings. The molecule has 0 unspecified atom stereocenters. The summed E-state index contributed by atoms with van der Waals surface area (Å²) in [6, 6.07) is 0. The Morgan fingerprint density at radius 1 is 0.905 bits per heavy atom. The van der Waals surface area contributed by atoms with Crippen molar-refractivity contribution in [3.8, 4) is 0 Å². The molecule has 1 fully saturated rings. The Morgan fingerprint density at radius 3 is 1.95 bits per heavy atom. The van der Waals surface area contributed by atoms with E-state index in [0.29, 0.717) is 0 Å². The van der Waals surface area contributed by atoms with Crippen molar-refractivity contribution in [2.45, 2.75) is 86.0 Å². The van der Waals surface area contributed by atoms with Gasteiger partial charge in [-0.05, 0) is 63.8 Å². The van der Waals surface area contributed by atoms with Crippen molar-refractivity contribution in [1.29, 1.82) is 0 Å². The van der Waals surface area contributed by atoms with Crippen LogP contribution in [0, 0.1) is 11.8 Å². The smallest absolute Gasteiger partial charge is 0.00489 e. The molecule has 2 rings (SSSR count). The number of rotatable bonds is 4. The van der Waals surface area contributed by atoms with Crippen LogP contribution in [0.15, 0.2) is 23.3 Å². The molecule has 2 N–H and O–H groups in total. The second kappa shape index (κ2) is 13.1. The molecule has 0 aliphatic heterocycles. The topological polar surface area (TPSA) is 26.0 Å². The van der Waals surface area contributed by atoms with Crippen molar-refractivity contribution in [3.05, 3.63) is 23.3 Å². The maximum absolute atomic E-state index is 5.74. The largest absolute Gasteiger partial charge is 0.330 e. The minimum Gasteiger partial charge on any atom is -0.330 e. The molecule has 124 valence electrons. The molecule has 0 spiro atoms. The highest BCUT2D eigenvalue weighted by Crippen LogP contribution is 2.33. The van der Waals surface area contributed by atoms with E-state index in [-0.39, 0.29) is 0 Å². The number of hydrogen-bond donors (Lipinski definition) is 1. The van der Waals surface area contributed by atoms with Crippen molar-refractivity contribution in [1.82, 2.24) is 0 Å². The molecule has 0 aromatic heterocycles. The predicted octanol–water partition coefficient (Wildman–Crippen LogP) is 6.25. The number of nitrogens with two attached hydrogens (primary N) is 1. The molecular weight excluding hydrogens is 254 g/mol. The highest BCUT2D eigenvalue weighted by atomic mass is 14.5. The Hall–Kier alpha value is -0.560. The zero-order chi connectivity index (χ0) is 16.1. The van der Waals surface area contributed by atoms with Crippen LogP contribution in [-0.4, -0.2) is 6.54 Å². The molecule has 0 aromatic carbocycles. The second-order valence-electron chi connectivity index (χ2n) is 6.00. The lowest BCUT2D eigenvalue weighted by Crippen LogP contribution is -2.21. The summed E-state index contributed by atoms with van der Waals surface area (Å²) in [5, 5.41) is 0. The fraction of sp³-hybridized carbons (Fsp3) is 0.800. The quantitative estimate of drug-likeness (QED) is 0.651. The summed E-state index contributed by atoms with van der Waals surface area (Å²) in [6.45, 7) is 11.1. The van der Waals surface area contributed by atoms with Crippen molar-refractivity contribution < 1.29 is 0 Å². The first kappa shape index (κ1) is 20.4. The zero-order valence-corrected chi connectivity index (χ0v) is 15.3. The van der Waals surface area contributed by atoms with E-state index in [1.54, 1.807) is 5.57 Å². The zero-order valence-electron chi connectivity index (χ0n) is 15.3. The van der Waals surface area contributed by atoms with Crippen LogP contribution in [0.5, 0.6) is 0 Å². The van der Waals surface area contributed by atoms with Crippen LogP contribution in [0.25, 0.3) is 0 Å². The first-order valence-corrected chi connectivity index (χ1v) is 9.33. The van der Waals surface area contributed by atoms with Crippen LogP contribution in [0.3, 0.4) is 0 Å². The molecule has 0 atom stereocenters. The third kappa shape index (κ3) is 8.46. The third-order valence-electron chi connectivity index (χ3n) is 4.62. The average molecular weight is 294 g/mol. The lowest BCUT2D eigenvalue weighted by Gasteiger charge is -2.28. The average Bonchev–Trinajstić information content (AvgIpc) is 2.58. The summed E-state index contributed by atoms with van der Waals surface area (Å²) in [4.78, 5) is 0. The SMILES string of the molecule is CC.CC.CC1=CC=C(CCC2CCC(CN)CC2)CC1. The van der Waals surface area contributed by atoms with Crippen LogP contribution in [0.4, 0.5) is 0 Å². The van der Waals surface area contributed by atoms with Crippen LogP contribution in [0.2, 0.25) is 0 Å². The van der Waals surface area contributed by atoms with Crippen molar-refractivity contribution in [2.75, 3.05) is 6.54 Å². The van der Waals surface area contributed by atoms with Gasteiger partial charge >= 0.3 is 0 Å². The van der Waals surface area contributed by atoms with Crippen LogP contribution < -0.4 is 5.73 Å². The molecule has 0 bridgehead atoms. The molecule has 0 heterocycles. The Labute approximate surface area is 134 Å².